The van der Waals surface area contributed by atoms with Crippen LogP contribution in [0.5, 0.6) is 0 Å². The summed E-state index contributed by atoms with van der Waals surface area (Å²) in [5.41, 5.74) is 0. The highest BCUT2D eigenvalue weighted by Gasteiger charge is 2.43. The minimum atomic E-state index is 0.0965. The van der Waals surface area contributed by atoms with Crippen molar-refractivity contribution in [1.29, 1.82) is 0 Å². The summed E-state index contributed by atoms with van der Waals surface area (Å²) in [5.74, 6) is 2.22. The lowest BCUT2D eigenvalue weighted by Gasteiger charge is -2.44. The Labute approximate surface area is 149 Å². The van der Waals surface area contributed by atoms with Gasteiger partial charge in [0.2, 0.25) is 11.9 Å². The van der Waals surface area contributed by atoms with Crippen molar-refractivity contribution < 1.29 is 4.79 Å². The predicted octanol–water partition coefficient (Wildman–Crippen LogP) is 1.41. The number of rotatable bonds is 3. The van der Waals surface area contributed by atoms with Crippen LogP contribution in [0.2, 0.25) is 0 Å². The fraction of sp³-hybridized carbons (Fsp3) is 0.632. The SMILES string of the molecule is C=CC(=O)N1C[C@@H]2CCCC(N3CCN(c4ncccn4)CC3)[C@@H]2C1. The zero-order valence-corrected chi connectivity index (χ0v) is 14.8. The van der Waals surface area contributed by atoms with Gasteiger partial charge in [-0.25, -0.2) is 9.97 Å². The van der Waals surface area contributed by atoms with Crippen molar-refractivity contribution in [2.45, 2.75) is 25.3 Å². The molecule has 0 N–H and O–H groups in total. The lowest BCUT2D eigenvalue weighted by Crippen LogP contribution is -2.54. The maximum absolute atomic E-state index is 12.0. The maximum Gasteiger partial charge on any atom is 0.245 e. The van der Waals surface area contributed by atoms with E-state index >= 15 is 0 Å². The van der Waals surface area contributed by atoms with E-state index in [2.05, 4.69) is 26.3 Å². The summed E-state index contributed by atoms with van der Waals surface area (Å²) in [5, 5.41) is 0. The van der Waals surface area contributed by atoms with Crippen molar-refractivity contribution in [2.75, 3.05) is 44.2 Å². The third-order valence-corrected chi connectivity index (χ3v) is 6.17. The molecule has 3 fully saturated rings. The molecule has 6 heteroatoms. The van der Waals surface area contributed by atoms with Gasteiger partial charge in [0.05, 0.1) is 0 Å². The number of piperazine rings is 1. The summed E-state index contributed by atoms with van der Waals surface area (Å²) in [6, 6.07) is 2.47. The van der Waals surface area contributed by atoms with Gasteiger partial charge in [0.25, 0.3) is 0 Å². The van der Waals surface area contributed by atoms with Gasteiger partial charge in [0, 0.05) is 57.7 Å². The van der Waals surface area contributed by atoms with Crippen molar-refractivity contribution in [3.05, 3.63) is 31.1 Å². The number of anilines is 1. The monoisotopic (exact) mass is 341 g/mol. The molecule has 1 unspecified atom stereocenters. The van der Waals surface area contributed by atoms with Crippen LogP contribution in [-0.2, 0) is 4.79 Å². The highest BCUT2D eigenvalue weighted by Crippen LogP contribution is 2.39. The van der Waals surface area contributed by atoms with E-state index in [4.69, 9.17) is 0 Å². The molecule has 2 saturated heterocycles. The van der Waals surface area contributed by atoms with E-state index in [1.54, 1.807) is 0 Å². The molecule has 0 aromatic carbocycles. The minimum absolute atomic E-state index is 0.0965. The Morgan fingerprint density at radius 1 is 1.12 bits per heavy atom. The van der Waals surface area contributed by atoms with Gasteiger partial charge in [-0.2, -0.15) is 0 Å². The molecule has 1 aromatic rings. The van der Waals surface area contributed by atoms with E-state index < -0.39 is 0 Å². The molecule has 1 saturated carbocycles. The first kappa shape index (κ1) is 16.5. The van der Waals surface area contributed by atoms with Gasteiger partial charge in [-0.05, 0) is 36.8 Å². The highest BCUT2D eigenvalue weighted by atomic mass is 16.2. The van der Waals surface area contributed by atoms with Crippen LogP contribution in [0, 0.1) is 11.8 Å². The maximum atomic E-state index is 12.0. The zero-order valence-electron chi connectivity index (χ0n) is 14.8. The molecule has 1 aliphatic carbocycles. The second-order valence-electron chi connectivity index (χ2n) is 7.44. The first-order chi connectivity index (χ1) is 12.3. The van der Waals surface area contributed by atoms with E-state index in [1.807, 2.05) is 23.4 Å². The second-order valence-corrected chi connectivity index (χ2v) is 7.44. The smallest absolute Gasteiger partial charge is 0.245 e. The number of aromatic nitrogens is 2. The third-order valence-electron chi connectivity index (χ3n) is 6.17. The first-order valence-corrected chi connectivity index (χ1v) is 9.43. The molecule has 0 radical (unpaired) electrons. The molecule has 0 bridgehead atoms. The van der Waals surface area contributed by atoms with E-state index in [0.29, 0.717) is 17.9 Å². The molecular weight excluding hydrogens is 314 g/mol. The van der Waals surface area contributed by atoms with Crippen LogP contribution < -0.4 is 4.90 Å². The zero-order chi connectivity index (χ0) is 17.2. The molecule has 3 heterocycles. The molecule has 3 atom stereocenters. The number of hydrogen-bond acceptors (Lipinski definition) is 5. The number of carbonyl (C=O) groups is 1. The van der Waals surface area contributed by atoms with Gasteiger partial charge < -0.3 is 9.80 Å². The summed E-state index contributed by atoms with van der Waals surface area (Å²) in [7, 11) is 0. The summed E-state index contributed by atoms with van der Waals surface area (Å²) in [6.45, 7) is 9.55. The summed E-state index contributed by atoms with van der Waals surface area (Å²) in [4.78, 5) is 27.7. The van der Waals surface area contributed by atoms with Gasteiger partial charge in [-0.3, -0.25) is 9.69 Å². The predicted molar refractivity (Wildman–Crippen MR) is 97.2 cm³/mol. The largest absolute Gasteiger partial charge is 0.339 e. The topological polar surface area (TPSA) is 52.6 Å². The normalized spacial score (nSPS) is 30.2. The average molecular weight is 341 g/mol. The minimum Gasteiger partial charge on any atom is -0.339 e. The first-order valence-electron chi connectivity index (χ1n) is 9.43. The third kappa shape index (κ3) is 3.27. The van der Waals surface area contributed by atoms with Crippen molar-refractivity contribution in [2.24, 2.45) is 11.8 Å². The second kappa shape index (κ2) is 7.12. The molecule has 1 aromatic heterocycles. The Morgan fingerprint density at radius 3 is 2.60 bits per heavy atom. The average Bonchev–Trinajstić information content (AvgIpc) is 3.12. The van der Waals surface area contributed by atoms with Crippen LogP contribution in [0.1, 0.15) is 19.3 Å². The van der Waals surface area contributed by atoms with Crippen LogP contribution in [0.15, 0.2) is 31.1 Å². The van der Waals surface area contributed by atoms with E-state index in [1.165, 1.54) is 25.3 Å². The molecule has 2 aliphatic heterocycles. The molecular formula is C19H27N5O. The van der Waals surface area contributed by atoms with E-state index in [9.17, 15) is 4.79 Å². The number of amides is 1. The molecule has 134 valence electrons. The summed E-state index contributed by atoms with van der Waals surface area (Å²) in [6.07, 6.45) is 8.89. The van der Waals surface area contributed by atoms with Gasteiger partial charge in [0.15, 0.2) is 0 Å². The standard InChI is InChI=1S/C19H27N5O/c1-2-18(25)24-13-15-5-3-6-17(16(15)14-24)22-9-11-23(12-10-22)19-20-7-4-8-21-19/h2,4,7-8,15-17H,1,3,5-6,9-14H2/t15-,16+,17?/m0/s1. The molecule has 3 aliphatic rings. The van der Waals surface area contributed by atoms with Crippen LogP contribution in [-0.4, -0.2) is 71.0 Å². The van der Waals surface area contributed by atoms with Crippen molar-refractivity contribution in [3.8, 4) is 0 Å². The fourth-order valence-corrected chi connectivity index (χ4v) is 4.91. The Balaban J connectivity index is 1.39. The Morgan fingerprint density at radius 2 is 1.88 bits per heavy atom. The number of likely N-dealkylation sites (tertiary alicyclic amines) is 1. The van der Waals surface area contributed by atoms with Crippen LogP contribution in [0.4, 0.5) is 5.95 Å². The summed E-state index contributed by atoms with van der Waals surface area (Å²) >= 11 is 0. The van der Waals surface area contributed by atoms with Crippen molar-refractivity contribution in [3.63, 3.8) is 0 Å². The van der Waals surface area contributed by atoms with Gasteiger partial charge in [-0.15, -0.1) is 0 Å². The highest BCUT2D eigenvalue weighted by molar-refractivity contribution is 5.87. The van der Waals surface area contributed by atoms with Crippen LogP contribution in [0.3, 0.4) is 0 Å². The fourth-order valence-electron chi connectivity index (χ4n) is 4.91. The molecule has 25 heavy (non-hydrogen) atoms. The molecule has 6 nitrogen and oxygen atoms in total. The molecule has 4 rings (SSSR count). The van der Waals surface area contributed by atoms with Crippen LogP contribution >= 0.6 is 0 Å². The Hall–Kier alpha value is -1.95. The van der Waals surface area contributed by atoms with Gasteiger partial charge in [0.1, 0.15) is 0 Å². The number of fused-ring (bicyclic) bond motifs is 1. The number of nitrogens with zero attached hydrogens (tertiary/aromatic N) is 5. The van der Waals surface area contributed by atoms with Crippen molar-refractivity contribution >= 4 is 11.9 Å². The molecule has 1 amide bonds. The lowest BCUT2D eigenvalue weighted by molar-refractivity contribution is -0.125. The van der Waals surface area contributed by atoms with E-state index in [-0.39, 0.29) is 5.91 Å². The number of carbonyl (C=O) groups excluding carboxylic acids is 1. The molecule has 0 spiro atoms. The van der Waals surface area contributed by atoms with Crippen molar-refractivity contribution in [1.82, 2.24) is 19.8 Å². The van der Waals surface area contributed by atoms with Crippen LogP contribution in [0.25, 0.3) is 0 Å². The summed E-state index contributed by atoms with van der Waals surface area (Å²) < 4.78 is 0. The Kier molecular flexibility index (Phi) is 4.70. The number of hydrogen-bond donors (Lipinski definition) is 0. The van der Waals surface area contributed by atoms with E-state index in [0.717, 1.165) is 45.2 Å². The Bertz CT molecular complexity index is 614. The van der Waals surface area contributed by atoms with Gasteiger partial charge in [-0.1, -0.05) is 13.0 Å². The lowest BCUT2D eigenvalue weighted by atomic mass is 9.77. The quantitative estimate of drug-likeness (QED) is 0.778. The van der Waals surface area contributed by atoms with Gasteiger partial charge >= 0.3 is 0 Å².